The third kappa shape index (κ3) is 5.20. The van der Waals surface area contributed by atoms with E-state index in [1.54, 1.807) is 0 Å². The first-order chi connectivity index (χ1) is 6.68. The molecule has 0 spiro atoms. The van der Waals surface area contributed by atoms with Crippen molar-refractivity contribution in [3.8, 4) is 0 Å². The zero-order valence-electron chi connectivity index (χ0n) is 9.24. The second-order valence-electron chi connectivity index (χ2n) is 4.10. The molecule has 2 atom stereocenters. The second-order valence-corrected chi connectivity index (χ2v) is 5.25. The quantitative estimate of drug-likeness (QED) is 0.692. The molecule has 0 aromatic carbocycles. The van der Waals surface area contributed by atoms with Crippen molar-refractivity contribution in [2.75, 3.05) is 38.2 Å². The molecule has 0 bridgehead atoms. The lowest BCUT2D eigenvalue weighted by molar-refractivity contribution is -0.00598. The van der Waals surface area contributed by atoms with Gasteiger partial charge < -0.3 is 15.4 Å². The first-order valence-corrected chi connectivity index (χ1v) is 6.47. The van der Waals surface area contributed by atoms with E-state index in [4.69, 9.17) is 10.5 Å². The summed E-state index contributed by atoms with van der Waals surface area (Å²) in [6.45, 7) is 5.09. The minimum atomic E-state index is 0.331. The van der Waals surface area contributed by atoms with Crippen LogP contribution in [0.5, 0.6) is 0 Å². The van der Waals surface area contributed by atoms with Crippen LogP contribution in [0.4, 0.5) is 0 Å². The zero-order valence-corrected chi connectivity index (χ0v) is 10.1. The van der Waals surface area contributed by atoms with Crippen molar-refractivity contribution >= 4 is 11.8 Å². The maximum absolute atomic E-state index is 5.68. The van der Waals surface area contributed by atoms with E-state index in [1.165, 1.54) is 0 Å². The Morgan fingerprint density at radius 1 is 1.64 bits per heavy atom. The Morgan fingerprint density at radius 3 is 3.07 bits per heavy atom. The van der Waals surface area contributed by atoms with Crippen LogP contribution < -0.4 is 5.73 Å². The van der Waals surface area contributed by atoms with Crippen LogP contribution in [0.2, 0.25) is 0 Å². The molecular formula is C10H22N2OS. The van der Waals surface area contributed by atoms with Crippen molar-refractivity contribution < 1.29 is 4.74 Å². The van der Waals surface area contributed by atoms with Gasteiger partial charge in [-0.1, -0.05) is 0 Å². The molecule has 4 heteroatoms. The van der Waals surface area contributed by atoms with E-state index in [9.17, 15) is 0 Å². The first kappa shape index (κ1) is 12.3. The fraction of sp³-hybridized carbons (Fsp3) is 1.00. The summed E-state index contributed by atoms with van der Waals surface area (Å²) in [5.41, 5.74) is 5.68. The van der Waals surface area contributed by atoms with Gasteiger partial charge in [0.05, 0.1) is 12.7 Å². The van der Waals surface area contributed by atoms with Crippen LogP contribution >= 0.6 is 11.8 Å². The monoisotopic (exact) mass is 218 g/mol. The molecule has 1 heterocycles. The van der Waals surface area contributed by atoms with Crippen LogP contribution in [0.15, 0.2) is 0 Å². The smallest absolute Gasteiger partial charge is 0.0792 e. The number of morpholine rings is 1. The van der Waals surface area contributed by atoms with E-state index in [-0.39, 0.29) is 0 Å². The van der Waals surface area contributed by atoms with E-state index in [0.717, 1.165) is 37.6 Å². The lowest BCUT2D eigenvalue weighted by atomic mass is 10.3. The number of ether oxygens (including phenoxy) is 1. The van der Waals surface area contributed by atoms with Gasteiger partial charge >= 0.3 is 0 Å². The Morgan fingerprint density at radius 2 is 2.43 bits per heavy atom. The Labute approximate surface area is 91.4 Å². The van der Waals surface area contributed by atoms with Crippen molar-refractivity contribution in [1.82, 2.24) is 4.90 Å². The normalized spacial score (nSPS) is 26.4. The van der Waals surface area contributed by atoms with Crippen molar-refractivity contribution in [3.63, 3.8) is 0 Å². The number of likely N-dealkylation sites (N-methyl/N-ethyl adjacent to an activating group) is 1. The third-order valence-corrected chi connectivity index (χ3v) is 3.50. The predicted octanol–water partition coefficient (Wildman–Crippen LogP) is 0.788. The van der Waals surface area contributed by atoms with Gasteiger partial charge in [0, 0.05) is 24.9 Å². The molecule has 14 heavy (non-hydrogen) atoms. The van der Waals surface area contributed by atoms with Crippen molar-refractivity contribution in [2.45, 2.75) is 25.5 Å². The summed E-state index contributed by atoms with van der Waals surface area (Å²) in [6.07, 6.45) is 1.53. The SMILES string of the molecule is CC(N)CCSCC1CN(C)CCO1. The van der Waals surface area contributed by atoms with Gasteiger partial charge in [-0.2, -0.15) is 11.8 Å². The third-order valence-electron chi connectivity index (χ3n) is 2.36. The standard InChI is InChI=1S/C10H22N2OS/c1-9(11)3-6-14-8-10-7-12(2)4-5-13-10/h9-10H,3-8,11H2,1-2H3. The van der Waals surface area contributed by atoms with E-state index in [2.05, 4.69) is 18.9 Å². The molecule has 1 aliphatic rings. The number of thioether (sulfide) groups is 1. The molecule has 0 amide bonds. The predicted molar refractivity (Wildman–Crippen MR) is 62.8 cm³/mol. The van der Waals surface area contributed by atoms with Crippen molar-refractivity contribution in [1.29, 1.82) is 0 Å². The molecule has 0 aromatic rings. The molecule has 2 N–H and O–H groups in total. The fourth-order valence-corrected chi connectivity index (χ4v) is 2.62. The van der Waals surface area contributed by atoms with E-state index in [1.807, 2.05) is 11.8 Å². The highest BCUT2D eigenvalue weighted by atomic mass is 32.2. The average molecular weight is 218 g/mol. The summed E-state index contributed by atoms with van der Waals surface area (Å²) in [6, 6.07) is 0.331. The summed E-state index contributed by atoms with van der Waals surface area (Å²) in [5, 5.41) is 0. The molecule has 1 saturated heterocycles. The molecule has 84 valence electrons. The summed E-state index contributed by atoms with van der Waals surface area (Å²) in [4.78, 5) is 2.33. The molecule has 3 nitrogen and oxygen atoms in total. The maximum Gasteiger partial charge on any atom is 0.0792 e. The lowest BCUT2D eigenvalue weighted by Crippen LogP contribution is -2.41. The minimum Gasteiger partial charge on any atom is -0.375 e. The van der Waals surface area contributed by atoms with Crippen LogP contribution in [0, 0.1) is 0 Å². The molecule has 2 unspecified atom stereocenters. The van der Waals surface area contributed by atoms with Gasteiger partial charge in [0.25, 0.3) is 0 Å². The van der Waals surface area contributed by atoms with E-state index < -0.39 is 0 Å². The highest BCUT2D eigenvalue weighted by Crippen LogP contribution is 2.11. The van der Waals surface area contributed by atoms with Gasteiger partial charge in [-0.15, -0.1) is 0 Å². The molecule has 1 rings (SSSR count). The maximum atomic E-state index is 5.68. The Bertz CT molecular complexity index is 155. The first-order valence-electron chi connectivity index (χ1n) is 5.32. The van der Waals surface area contributed by atoms with Crippen LogP contribution in [0.25, 0.3) is 0 Å². The van der Waals surface area contributed by atoms with Crippen molar-refractivity contribution in [2.24, 2.45) is 5.73 Å². The molecule has 1 fully saturated rings. The van der Waals surface area contributed by atoms with Crippen LogP contribution in [0.3, 0.4) is 0 Å². The Kier molecular flexibility index (Phi) is 5.86. The number of nitrogens with zero attached hydrogens (tertiary/aromatic N) is 1. The van der Waals surface area contributed by atoms with Crippen LogP contribution in [-0.4, -0.2) is 55.3 Å². The van der Waals surface area contributed by atoms with Crippen LogP contribution in [-0.2, 0) is 4.74 Å². The highest BCUT2D eigenvalue weighted by molar-refractivity contribution is 7.99. The second kappa shape index (κ2) is 6.67. The molecule has 0 saturated carbocycles. The number of hydrogen-bond acceptors (Lipinski definition) is 4. The van der Waals surface area contributed by atoms with Crippen LogP contribution in [0.1, 0.15) is 13.3 Å². The highest BCUT2D eigenvalue weighted by Gasteiger charge is 2.16. The summed E-state index contributed by atoms with van der Waals surface area (Å²) < 4.78 is 5.66. The zero-order chi connectivity index (χ0) is 10.4. The summed E-state index contributed by atoms with van der Waals surface area (Å²) >= 11 is 1.96. The molecule has 1 aliphatic heterocycles. The van der Waals surface area contributed by atoms with Gasteiger partial charge in [-0.25, -0.2) is 0 Å². The molecule has 0 radical (unpaired) electrons. The number of hydrogen-bond donors (Lipinski definition) is 1. The fourth-order valence-electron chi connectivity index (χ4n) is 1.45. The number of rotatable bonds is 5. The largest absolute Gasteiger partial charge is 0.375 e. The Balaban J connectivity index is 2.00. The van der Waals surface area contributed by atoms with Gasteiger partial charge in [-0.3, -0.25) is 0 Å². The van der Waals surface area contributed by atoms with Gasteiger partial charge in [0.2, 0.25) is 0 Å². The topological polar surface area (TPSA) is 38.5 Å². The van der Waals surface area contributed by atoms with E-state index in [0.29, 0.717) is 12.1 Å². The van der Waals surface area contributed by atoms with Gasteiger partial charge in [-0.05, 0) is 26.1 Å². The summed E-state index contributed by atoms with van der Waals surface area (Å²) in [7, 11) is 2.15. The van der Waals surface area contributed by atoms with Gasteiger partial charge in [0.1, 0.15) is 0 Å². The molecule has 0 aliphatic carbocycles. The summed E-state index contributed by atoms with van der Waals surface area (Å²) in [5.74, 6) is 2.26. The molecular weight excluding hydrogens is 196 g/mol. The Hall–Kier alpha value is 0.230. The number of nitrogens with two attached hydrogens (primary N) is 1. The average Bonchev–Trinajstić information content (AvgIpc) is 2.12. The van der Waals surface area contributed by atoms with Crippen molar-refractivity contribution in [3.05, 3.63) is 0 Å². The lowest BCUT2D eigenvalue weighted by Gasteiger charge is -2.29. The van der Waals surface area contributed by atoms with Gasteiger partial charge in [0.15, 0.2) is 0 Å². The van der Waals surface area contributed by atoms with E-state index >= 15 is 0 Å². The molecule has 0 aromatic heterocycles. The minimum absolute atomic E-state index is 0.331.